The average Bonchev–Trinajstić information content (AvgIpc) is 2.37. The molecule has 2 N–H and O–H groups in total. The maximum atomic E-state index is 11.8. The molecular weight excluding hydrogens is 476 g/mol. The molecule has 0 spiro atoms. The third-order valence-electron chi connectivity index (χ3n) is 1.89. The Morgan fingerprint density at radius 2 is 1.83 bits per heavy atom. The maximum absolute atomic E-state index is 11.8. The van der Waals surface area contributed by atoms with E-state index in [1.165, 1.54) is 23.0 Å². The predicted octanol–water partition coefficient (Wildman–Crippen LogP) is -3.36. The van der Waals surface area contributed by atoms with Crippen molar-refractivity contribution in [1.29, 1.82) is 0 Å². The number of carbonyl (C=O) groups is 3. The molecule has 0 amide bonds. The molecule has 0 aliphatic heterocycles. The molecule has 0 aromatic carbocycles. The third-order valence-corrected chi connectivity index (χ3v) is 3.57. The van der Waals surface area contributed by atoms with Gasteiger partial charge in [-0.25, -0.2) is 0 Å². The molecule has 106 valence electrons. The molecule has 0 aliphatic carbocycles. The van der Waals surface area contributed by atoms with E-state index in [0.29, 0.717) is 0 Å². The molecular formula is C8H12I2NO7-. The summed E-state index contributed by atoms with van der Waals surface area (Å²) in [6, 6.07) is 0. The fraction of sp³-hybridized carbons (Fsp3) is 0.625. The number of hydrogen-bond acceptors (Lipinski definition) is 8. The number of carbonyl (C=O) groups excluding carboxylic acids is 3. The first-order valence-corrected chi connectivity index (χ1v) is 8.34. The van der Waals surface area contributed by atoms with Crippen LogP contribution in [-0.2, 0) is 30.1 Å². The van der Waals surface area contributed by atoms with Gasteiger partial charge in [0.05, 0.1) is 0 Å². The van der Waals surface area contributed by atoms with Gasteiger partial charge < -0.3 is 0 Å². The number of halogens is 2. The van der Waals surface area contributed by atoms with Crippen LogP contribution in [0.1, 0.15) is 12.8 Å². The van der Waals surface area contributed by atoms with Crippen molar-refractivity contribution in [3.63, 3.8) is 0 Å². The van der Waals surface area contributed by atoms with Crippen LogP contribution in [-0.4, -0.2) is 35.5 Å². The molecule has 0 heterocycles. The van der Waals surface area contributed by atoms with E-state index >= 15 is 0 Å². The van der Waals surface area contributed by atoms with Crippen molar-refractivity contribution in [2.45, 2.75) is 18.4 Å². The Balaban J connectivity index is 5.11. The van der Waals surface area contributed by atoms with E-state index < -0.39 is 58.0 Å². The second kappa shape index (κ2) is 8.82. The summed E-state index contributed by atoms with van der Waals surface area (Å²) in [4.78, 5) is 39.9. The second-order valence-electron chi connectivity index (χ2n) is 3.01. The zero-order valence-electron chi connectivity index (χ0n) is 9.61. The van der Waals surface area contributed by atoms with Gasteiger partial charge in [-0.1, -0.05) is 0 Å². The Morgan fingerprint density at radius 1 is 1.28 bits per heavy atom. The minimum atomic E-state index is -1.78. The van der Waals surface area contributed by atoms with Gasteiger partial charge in [-0.15, -0.1) is 0 Å². The second-order valence-corrected chi connectivity index (χ2v) is 4.77. The van der Waals surface area contributed by atoms with Crippen LogP contribution < -0.4 is 27.5 Å². The molecule has 0 saturated carbocycles. The zero-order valence-corrected chi connectivity index (χ0v) is 13.9. The first-order valence-electron chi connectivity index (χ1n) is 4.42. The van der Waals surface area contributed by atoms with Gasteiger partial charge in [0.25, 0.3) is 0 Å². The fourth-order valence-electron chi connectivity index (χ4n) is 1.01. The summed E-state index contributed by atoms with van der Waals surface area (Å²) in [5.41, 5.74) is -1.78. The van der Waals surface area contributed by atoms with Crippen LogP contribution in [0.3, 0.4) is 0 Å². The van der Waals surface area contributed by atoms with E-state index in [1.807, 2.05) is 0 Å². The van der Waals surface area contributed by atoms with Crippen molar-refractivity contribution in [2.24, 2.45) is 5.90 Å². The number of methoxy groups -OCH3 is 1. The van der Waals surface area contributed by atoms with Crippen LogP contribution in [0.5, 0.6) is 0 Å². The van der Waals surface area contributed by atoms with Crippen LogP contribution in [0.4, 0.5) is 0 Å². The third kappa shape index (κ3) is 5.19. The Bertz CT molecular complexity index is 305. The molecule has 0 aromatic heterocycles. The summed E-state index contributed by atoms with van der Waals surface area (Å²) in [6.07, 6.45) is -1.01. The molecule has 0 aliphatic rings. The number of ether oxygens (including phenoxy) is 1. The Morgan fingerprint density at radius 3 is 2.22 bits per heavy atom. The molecule has 0 rings (SSSR count). The SMILES string of the molecule is COC(=O)CC(CC(=O)ON)(OI)C(=O)O[I-]C. The summed E-state index contributed by atoms with van der Waals surface area (Å²) in [7, 11) is 1.15. The molecule has 10 heteroatoms. The summed E-state index contributed by atoms with van der Waals surface area (Å²) in [6.45, 7) is 0. The van der Waals surface area contributed by atoms with Crippen LogP contribution in [0, 0.1) is 0 Å². The topological polar surface area (TPSA) is 114 Å². The van der Waals surface area contributed by atoms with Crippen molar-refractivity contribution in [2.75, 3.05) is 12.0 Å². The Kier molecular flexibility index (Phi) is 8.71. The van der Waals surface area contributed by atoms with Gasteiger partial charge in [0.15, 0.2) is 0 Å². The van der Waals surface area contributed by atoms with Gasteiger partial charge in [0.1, 0.15) is 0 Å². The molecule has 18 heavy (non-hydrogen) atoms. The zero-order chi connectivity index (χ0) is 14.2. The van der Waals surface area contributed by atoms with E-state index in [-0.39, 0.29) is 0 Å². The van der Waals surface area contributed by atoms with Gasteiger partial charge in [0.2, 0.25) is 0 Å². The number of esters is 1. The number of hydrogen-bond donors (Lipinski definition) is 1. The standard InChI is InChI=1S/C8H12I2NO7/c1-10-16-7(14)8(18-9,3-5(12)15-2)4-6(13)17-11/h3-4,11H2,1-2H3/q-1. The fourth-order valence-corrected chi connectivity index (χ4v) is 2.31. The van der Waals surface area contributed by atoms with E-state index in [4.69, 9.17) is 12.0 Å². The van der Waals surface area contributed by atoms with Crippen molar-refractivity contribution in [3.05, 3.63) is 0 Å². The van der Waals surface area contributed by atoms with E-state index in [1.54, 1.807) is 4.93 Å². The molecule has 1 unspecified atom stereocenters. The van der Waals surface area contributed by atoms with Gasteiger partial charge in [-0.05, 0) is 0 Å². The number of alkyl halides is 1. The van der Waals surface area contributed by atoms with Gasteiger partial charge in [0, 0.05) is 0 Å². The summed E-state index contributed by atoms with van der Waals surface area (Å²) in [5, 5.41) is 0. The quantitative estimate of drug-likeness (QED) is 0.171. The monoisotopic (exact) mass is 488 g/mol. The molecule has 0 bridgehead atoms. The molecule has 0 radical (unpaired) electrons. The predicted molar refractivity (Wildman–Crippen MR) is 61.4 cm³/mol. The summed E-state index contributed by atoms with van der Waals surface area (Å²) < 4.78 is 14.3. The first-order chi connectivity index (χ1) is 8.45. The van der Waals surface area contributed by atoms with Crippen LogP contribution >= 0.6 is 23.0 Å². The van der Waals surface area contributed by atoms with Crippen molar-refractivity contribution in [3.8, 4) is 0 Å². The van der Waals surface area contributed by atoms with Crippen LogP contribution in [0.25, 0.3) is 0 Å². The van der Waals surface area contributed by atoms with Crippen LogP contribution in [0.2, 0.25) is 0 Å². The van der Waals surface area contributed by atoms with E-state index in [9.17, 15) is 14.4 Å². The summed E-state index contributed by atoms with van der Waals surface area (Å²) in [5.74, 6) is 2.26. The Hall–Kier alpha value is -0.210. The van der Waals surface area contributed by atoms with Crippen LogP contribution in [0.15, 0.2) is 0 Å². The Labute approximate surface area is 128 Å². The summed E-state index contributed by atoms with van der Waals surface area (Å²) >= 11 is 0.577. The number of rotatable bonds is 7. The van der Waals surface area contributed by atoms with E-state index in [0.717, 1.165) is 7.11 Å². The van der Waals surface area contributed by atoms with Gasteiger partial charge >= 0.3 is 129 Å². The molecule has 0 saturated heterocycles. The average molecular weight is 488 g/mol. The van der Waals surface area contributed by atoms with Crippen molar-refractivity contribution >= 4 is 40.9 Å². The van der Waals surface area contributed by atoms with Crippen molar-refractivity contribution < 1.29 is 51.7 Å². The van der Waals surface area contributed by atoms with E-state index in [2.05, 4.69) is 9.57 Å². The molecule has 0 aromatic rings. The minimum absolute atomic E-state index is 0.468. The number of nitrogens with two attached hydrogens (primary N) is 1. The molecule has 0 fully saturated rings. The normalized spacial score (nSPS) is 13.6. The van der Waals surface area contributed by atoms with Gasteiger partial charge in [-0.3, -0.25) is 0 Å². The first kappa shape index (κ1) is 17.8. The molecule has 1 atom stereocenters. The van der Waals surface area contributed by atoms with Crippen molar-refractivity contribution in [1.82, 2.24) is 0 Å². The van der Waals surface area contributed by atoms with Gasteiger partial charge in [-0.2, -0.15) is 0 Å². The molecule has 8 nitrogen and oxygen atoms in total.